The first-order valence-corrected chi connectivity index (χ1v) is 6.64. The first-order valence-electron chi connectivity index (χ1n) is 6.01. The van der Waals surface area contributed by atoms with Crippen LogP contribution in [0, 0.1) is 0 Å². The standard InChI is InChI=1S/C14H16N2O3S/c1-16-14(17)9(8-20)6-12(15-16)11-7-10(18-2)4-5-13(11)19-3/h4-7,20H,8H2,1-3H3. The molecule has 1 heterocycles. The summed E-state index contributed by atoms with van der Waals surface area (Å²) < 4.78 is 11.9. The lowest BCUT2D eigenvalue weighted by atomic mass is 10.1. The van der Waals surface area contributed by atoms with Gasteiger partial charge < -0.3 is 9.47 Å². The molecule has 0 saturated heterocycles. The molecular weight excluding hydrogens is 276 g/mol. The normalized spacial score (nSPS) is 10.4. The van der Waals surface area contributed by atoms with Crippen LogP contribution in [-0.4, -0.2) is 24.0 Å². The molecule has 0 spiro atoms. The summed E-state index contributed by atoms with van der Waals surface area (Å²) in [7, 11) is 4.80. The number of hydrogen-bond donors (Lipinski definition) is 1. The van der Waals surface area contributed by atoms with Crippen molar-refractivity contribution in [2.45, 2.75) is 5.75 Å². The Balaban J connectivity index is 2.67. The van der Waals surface area contributed by atoms with Crippen LogP contribution in [0.2, 0.25) is 0 Å². The molecule has 0 aliphatic heterocycles. The van der Waals surface area contributed by atoms with Crippen molar-refractivity contribution >= 4 is 12.6 Å². The molecule has 0 N–H and O–H groups in total. The van der Waals surface area contributed by atoms with Crippen molar-refractivity contribution in [1.29, 1.82) is 0 Å². The molecule has 1 aromatic heterocycles. The number of aryl methyl sites for hydroxylation is 1. The van der Waals surface area contributed by atoms with Gasteiger partial charge in [0.15, 0.2) is 0 Å². The molecule has 0 atom stereocenters. The highest BCUT2D eigenvalue weighted by Gasteiger charge is 2.12. The zero-order valence-electron chi connectivity index (χ0n) is 11.6. The van der Waals surface area contributed by atoms with Crippen LogP contribution in [0.15, 0.2) is 29.1 Å². The molecule has 0 amide bonds. The van der Waals surface area contributed by atoms with Gasteiger partial charge in [-0.2, -0.15) is 17.7 Å². The fourth-order valence-electron chi connectivity index (χ4n) is 1.93. The second-order valence-corrected chi connectivity index (χ2v) is 4.52. The van der Waals surface area contributed by atoms with Crippen molar-refractivity contribution < 1.29 is 9.47 Å². The lowest BCUT2D eigenvalue weighted by molar-refractivity contribution is 0.404. The second kappa shape index (κ2) is 6.00. The summed E-state index contributed by atoms with van der Waals surface area (Å²) in [4.78, 5) is 11.9. The van der Waals surface area contributed by atoms with Crippen LogP contribution in [0.4, 0.5) is 0 Å². The predicted octanol–water partition coefficient (Wildman–Crippen LogP) is 1.89. The predicted molar refractivity (Wildman–Crippen MR) is 80.7 cm³/mol. The van der Waals surface area contributed by atoms with Gasteiger partial charge in [0.2, 0.25) is 0 Å². The summed E-state index contributed by atoms with van der Waals surface area (Å²) in [6.07, 6.45) is 0. The monoisotopic (exact) mass is 292 g/mol. The van der Waals surface area contributed by atoms with Gasteiger partial charge in [0, 0.05) is 23.9 Å². The largest absolute Gasteiger partial charge is 0.497 e. The van der Waals surface area contributed by atoms with Crippen LogP contribution in [0.3, 0.4) is 0 Å². The van der Waals surface area contributed by atoms with Gasteiger partial charge in [-0.1, -0.05) is 0 Å². The first kappa shape index (κ1) is 14.5. The number of methoxy groups -OCH3 is 2. The van der Waals surface area contributed by atoms with E-state index in [2.05, 4.69) is 17.7 Å². The average Bonchev–Trinajstić information content (AvgIpc) is 2.49. The molecule has 0 saturated carbocycles. The molecule has 0 radical (unpaired) electrons. The highest BCUT2D eigenvalue weighted by Crippen LogP contribution is 2.32. The summed E-state index contributed by atoms with van der Waals surface area (Å²) >= 11 is 4.18. The van der Waals surface area contributed by atoms with Gasteiger partial charge in [0.1, 0.15) is 11.5 Å². The van der Waals surface area contributed by atoms with E-state index in [4.69, 9.17) is 9.47 Å². The Kier molecular flexibility index (Phi) is 4.34. The minimum Gasteiger partial charge on any atom is -0.497 e. The maximum absolute atomic E-state index is 11.9. The van der Waals surface area contributed by atoms with E-state index in [1.165, 1.54) is 4.68 Å². The Labute approximate surface area is 122 Å². The van der Waals surface area contributed by atoms with Crippen LogP contribution in [0.5, 0.6) is 11.5 Å². The van der Waals surface area contributed by atoms with Crippen molar-refractivity contribution in [3.05, 3.63) is 40.2 Å². The van der Waals surface area contributed by atoms with E-state index in [0.29, 0.717) is 28.5 Å². The molecule has 20 heavy (non-hydrogen) atoms. The molecule has 0 unspecified atom stereocenters. The first-order chi connectivity index (χ1) is 9.60. The highest BCUT2D eigenvalue weighted by atomic mass is 32.1. The van der Waals surface area contributed by atoms with Crippen molar-refractivity contribution in [3.63, 3.8) is 0 Å². The van der Waals surface area contributed by atoms with Gasteiger partial charge >= 0.3 is 0 Å². The lowest BCUT2D eigenvalue weighted by Gasteiger charge is -2.11. The number of aromatic nitrogens is 2. The Morgan fingerprint density at radius 1 is 1.25 bits per heavy atom. The quantitative estimate of drug-likeness (QED) is 0.874. The summed E-state index contributed by atoms with van der Waals surface area (Å²) in [5.41, 5.74) is 1.86. The topological polar surface area (TPSA) is 53.4 Å². The van der Waals surface area contributed by atoms with E-state index in [1.54, 1.807) is 33.4 Å². The number of hydrogen-bond acceptors (Lipinski definition) is 5. The zero-order chi connectivity index (χ0) is 14.7. The Morgan fingerprint density at radius 2 is 2.00 bits per heavy atom. The second-order valence-electron chi connectivity index (χ2n) is 4.21. The van der Waals surface area contributed by atoms with E-state index in [9.17, 15) is 4.79 Å². The average molecular weight is 292 g/mol. The minimum atomic E-state index is -0.148. The van der Waals surface area contributed by atoms with Gasteiger partial charge in [-0.3, -0.25) is 4.79 Å². The van der Waals surface area contributed by atoms with Gasteiger partial charge in [0.25, 0.3) is 5.56 Å². The molecule has 0 fully saturated rings. The molecule has 0 aliphatic rings. The smallest absolute Gasteiger partial charge is 0.270 e. The van der Waals surface area contributed by atoms with Crippen molar-refractivity contribution in [3.8, 4) is 22.8 Å². The number of benzene rings is 1. The number of thiol groups is 1. The molecule has 6 heteroatoms. The van der Waals surface area contributed by atoms with Crippen LogP contribution in [-0.2, 0) is 12.8 Å². The van der Waals surface area contributed by atoms with Crippen LogP contribution in [0.1, 0.15) is 5.56 Å². The fraction of sp³-hybridized carbons (Fsp3) is 0.286. The Morgan fingerprint density at radius 3 is 2.60 bits per heavy atom. The third-order valence-electron chi connectivity index (χ3n) is 2.99. The molecule has 0 aliphatic carbocycles. The summed E-state index contributed by atoms with van der Waals surface area (Å²) in [5.74, 6) is 1.72. The maximum Gasteiger partial charge on any atom is 0.270 e. The summed E-state index contributed by atoms with van der Waals surface area (Å²) in [6, 6.07) is 7.17. The SMILES string of the molecule is COc1ccc(OC)c(-c2cc(CS)c(=O)n(C)n2)c1. The zero-order valence-corrected chi connectivity index (χ0v) is 12.5. The minimum absolute atomic E-state index is 0.148. The molecule has 0 bridgehead atoms. The third kappa shape index (κ3) is 2.65. The van der Waals surface area contributed by atoms with E-state index < -0.39 is 0 Å². The third-order valence-corrected chi connectivity index (χ3v) is 3.33. The number of ether oxygens (including phenoxy) is 2. The van der Waals surface area contributed by atoms with E-state index in [-0.39, 0.29) is 5.56 Å². The van der Waals surface area contributed by atoms with Crippen LogP contribution in [0.25, 0.3) is 11.3 Å². The molecule has 2 aromatic rings. The van der Waals surface area contributed by atoms with Crippen molar-refractivity contribution in [2.75, 3.05) is 14.2 Å². The van der Waals surface area contributed by atoms with Crippen molar-refractivity contribution in [2.24, 2.45) is 7.05 Å². The van der Waals surface area contributed by atoms with Crippen LogP contribution >= 0.6 is 12.6 Å². The number of nitrogens with zero attached hydrogens (tertiary/aromatic N) is 2. The van der Waals surface area contributed by atoms with Crippen molar-refractivity contribution in [1.82, 2.24) is 9.78 Å². The van der Waals surface area contributed by atoms with Gasteiger partial charge in [-0.25, -0.2) is 4.68 Å². The van der Waals surface area contributed by atoms with Gasteiger partial charge in [-0.15, -0.1) is 0 Å². The Hall–Kier alpha value is -1.95. The van der Waals surface area contributed by atoms with E-state index >= 15 is 0 Å². The lowest BCUT2D eigenvalue weighted by Crippen LogP contribution is -2.23. The summed E-state index contributed by atoms with van der Waals surface area (Å²) in [5, 5.41) is 4.27. The Bertz CT molecular complexity index is 683. The molecule has 5 nitrogen and oxygen atoms in total. The highest BCUT2D eigenvalue weighted by molar-refractivity contribution is 7.79. The number of rotatable bonds is 4. The van der Waals surface area contributed by atoms with Crippen LogP contribution < -0.4 is 15.0 Å². The molecule has 1 aromatic carbocycles. The van der Waals surface area contributed by atoms with Gasteiger partial charge in [-0.05, 0) is 24.3 Å². The molecule has 2 rings (SSSR count). The van der Waals surface area contributed by atoms with E-state index in [0.717, 1.165) is 5.56 Å². The van der Waals surface area contributed by atoms with E-state index in [1.807, 2.05) is 12.1 Å². The maximum atomic E-state index is 11.9. The molecular formula is C14H16N2O3S. The summed E-state index contributed by atoms with van der Waals surface area (Å²) in [6.45, 7) is 0. The molecule has 106 valence electrons. The van der Waals surface area contributed by atoms with Gasteiger partial charge in [0.05, 0.1) is 19.9 Å². The fourth-order valence-corrected chi connectivity index (χ4v) is 2.16.